The minimum atomic E-state index is 0.518. The van der Waals surface area contributed by atoms with Gasteiger partial charge in [-0.1, -0.05) is 26.7 Å². The van der Waals surface area contributed by atoms with Crippen molar-refractivity contribution in [2.24, 2.45) is 11.8 Å². The Morgan fingerprint density at radius 1 is 1.33 bits per heavy atom. The highest BCUT2D eigenvalue weighted by atomic mass is 14.9. The standard InChI is InChI=1S/C16H26N2/c1-4-17-16(14-7-5-12(2)6-8-14)15-9-10-18-13(3)11-15/h9-12,14,16-17H,4-8H2,1-3H3. The summed E-state index contributed by atoms with van der Waals surface area (Å²) in [5, 5.41) is 3.68. The highest BCUT2D eigenvalue weighted by Crippen LogP contribution is 2.36. The predicted molar refractivity (Wildman–Crippen MR) is 76.5 cm³/mol. The average molecular weight is 246 g/mol. The van der Waals surface area contributed by atoms with Gasteiger partial charge in [-0.2, -0.15) is 0 Å². The van der Waals surface area contributed by atoms with Gasteiger partial charge in [-0.15, -0.1) is 0 Å². The van der Waals surface area contributed by atoms with Crippen LogP contribution in [0.2, 0.25) is 0 Å². The fourth-order valence-corrected chi connectivity index (χ4v) is 3.16. The van der Waals surface area contributed by atoms with Crippen LogP contribution in [0.15, 0.2) is 18.3 Å². The van der Waals surface area contributed by atoms with Gasteiger partial charge in [-0.05, 0) is 55.8 Å². The van der Waals surface area contributed by atoms with Crippen LogP contribution in [0.3, 0.4) is 0 Å². The number of hydrogen-bond acceptors (Lipinski definition) is 2. The van der Waals surface area contributed by atoms with Crippen molar-refractivity contribution in [3.63, 3.8) is 0 Å². The van der Waals surface area contributed by atoms with Gasteiger partial charge in [0.25, 0.3) is 0 Å². The second-order valence-corrected chi connectivity index (χ2v) is 5.79. The van der Waals surface area contributed by atoms with Crippen molar-refractivity contribution in [3.05, 3.63) is 29.6 Å². The Morgan fingerprint density at radius 2 is 2.06 bits per heavy atom. The second-order valence-electron chi connectivity index (χ2n) is 5.79. The number of nitrogens with one attached hydrogen (secondary N) is 1. The molecular formula is C16H26N2. The first kappa shape index (κ1) is 13.5. The van der Waals surface area contributed by atoms with Crippen LogP contribution in [0.5, 0.6) is 0 Å². The van der Waals surface area contributed by atoms with Gasteiger partial charge in [-0.25, -0.2) is 0 Å². The first-order valence-electron chi connectivity index (χ1n) is 7.36. The molecule has 18 heavy (non-hydrogen) atoms. The number of aryl methyl sites for hydroxylation is 1. The molecule has 1 atom stereocenters. The minimum Gasteiger partial charge on any atom is -0.310 e. The van der Waals surface area contributed by atoms with Gasteiger partial charge in [0.1, 0.15) is 0 Å². The van der Waals surface area contributed by atoms with E-state index in [4.69, 9.17) is 0 Å². The SMILES string of the molecule is CCNC(c1ccnc(C)c1)C1CCC(C)CC1. The van der Waals surface area contributed by atoms with Crippen LogP contribution in [-0.2, 0) is 0 Å². The minimum absolute atomic E-state index is 0.518. The molecule has 2 nitrogen and oxygen atoms in total. The first-order chi connectivity index (χ1) is 8.70. The Balaban J connectivity index is 2.12. The van der Waals surface area contributed by atoms with Crippen LogP contribution in [-0.4, -0.2) is 11.5 Å². The van der Waals surface area contributed by atoms with Crippen molar-refractivity contribution in [3.8, 4) is 0 Å². The van der Waals surface area contributed by atoms with E-state index in [1.54, 1.807) is 0 Å². The number of hydrogen-bond donors (Lipinski definition) is 1. The molecule has 1 N–H and O–H groups in total. The Labute approximate surface area is 111 Å². The van der Waals surface area contributed by atoms with E-state index in [0.29, 0.717) is 6.04 Å². The van der Waals surface area contributed by atoms with Crippen molar-refractivity contribution >= 4 is 0 Å². The molecule has 100 valence electrons. The van der Waals surface area contributed by atoms with E-state index in [1.807, 2.05) is 6.20 Å². The van der Waals surface area contributed by atoms with Gasteiger partial charge in [0.05, 0.1) is 0 Å². The van der Waals surface area contributed by atoms with Gasteiger partial charge >= 0.3 is 0 Å². The summed E-state index contributed by atoms with van der Waals surface area (Å²) in [6, 6.07) is 4.94. The predicted octanol–water partition coefficient (Wildman–Crippen LogP) is 3.87. The third-order valence-corrected chi connectivity index (χ3v) is 4.24. The average Bonchev–Trinajstić information content (AvgIpc) is 2.37. The summed E-state index contributed by atoms with van der Waals surface area (Å²) in [6.07, 6.45) is 7.44. The Bertz CT molecular complexity index is 367. The molecule has 1 heterocycles. The molecule has 0 spiro atoms. The smallest absolute Gasteiger partial charge is 0.0375 e. The van der Waals surface area contributed by atoms with Crippen LogP contribution in [0.4, 0.5) is 0 Å². The van der Waals surface area contributed by atoms with Crippen molar-refractivity contribution in [2.45, 2.75) is 52.5 Å². The van der Waals surface area contributed by atoms with Gasteiger partial charge in [-0.3, -0.25) is 4.98 Å². The molecule has 1 aliphatic rings. The third kappa shape index (κ3) is 3.32. The summed E-state index contributed by atoms with van der Waals surface area (Å²) in [5.41, 5.74) is 2.54. The maximum Gasteiger partial charge on any atom is 0.0375 e. The molecule has 0 amide bonds. The highest BCUT2D eigenvalue weighted by molar-refractivity contribution is 5.20. The molecule has 0 aromatic carbocycles. The molecule has 2 heteroatoms. The second kappa shape index (κ2) is 6.33. The van der Waals surface area contributed by atoms with Gasteiger partial charge < -0.3 is 5.32 Å². The van der Waals surface area contributed by atoms with Gasteiger partial charge in [0, 0.05) is 17.9 Å². The van der Waals surface area contributed by atoms with E-state index >= 15 is 0 Å². The highest BCUT2D eigenvalue weighted by Gasteiger charge is 2.26. The van der Waals surface area contributed by atoms with Crippen molar-refractivity contribution in [1.82, 2.24) is 10.3 Å². The summed E-state index contributed by atoms with van der Waals surface area (Å²) < 4.78 is 0. The number of aromatic nitrogens is 1. The van der Waals surface area contributed by atoms with E-state index in [2.05, 4.69) is 43.2 Å². The maximum absolute atomic E-state index is 4.31. The quantitative estimate of drug-likeness (QED) is 0.872. The lowest BCUT2D eigenvalue weighted by Gasteiger charge is -2.33. The summed E-state index contributed by atoms with van der Waals surface area (Å²) >= 11 is 0. The van der Waals surface area contributed by atoms with E-state index in [0.717, 1.165) is 24.1 Å². The van der Waals surface area contributed by atoms with E-state index in [9.17, 15) is 0 Å². The summed E-state index contributed by atoms with van der Waals surface area (Å²) in [7, 11) is 0. The van der Waals surface area contributed by atoms with Crippen molar-refractivity contribution in [1.29, 1.82) is 0 Å². The van der Waals surface area contributed by atoms with Gasteiger partial charge in [0.15, 0.2) is 0 Å². The summed E-state index contributed by atoms with van der Waals surface area (Å²) in [4.78, 5) is 4.31. The van der Waals surface area contributed by atoms with Crippen LogP contribution in [0.1, 0.15) is 56.8 Å². The topological polar surface area (TPSA) is 24.9 Å². The molecule has 0 bridgehead atoms. The lowest BCUT2D eigenvalue weighted by molar-refractivity contribution is 0.233. The lowest BCUT2D eigenvalue weighted by Crippen LogP contribution is -2.30. The van der Waals surface area contributed by atoms with Crippen LogP contribution in [0.25, 0.3) is 0 Å². The molecule has 1 aromatic heterocycles. The first-order valence-corrected chi connectivity index (χ1v) is 7.36. The lowest BCUT2D eigenvalue weighted by atomic mass is 9.77. The fraction of sp³-hybridized carbons (Fsp3) is 0.688. The molecule has 0 radical (unpaired) electrons. The zero-order valence-electron chi connectivity index (χ0n) is 11.9. The molecule has 1 fully saturated rings. The Hall–Kier alpha value is -0.890. The fourth-order valence-electron chi connectivity index (χ4n) is 3.16. The Morgan fingerprint density at radius 3 is 2.67 bits per heavy atom. The maximum atomic E-state index is 4.31. The monoisotopic (exact) mass is 246 g/mol. The van der Waals surface area contributed by atoms with E-state index < -0.39 is 0 Å². The van der Waals surface area contributed by atoms with Crippen molar-refractivity contribution in [2.75, 3.05) is 6.54 Å². The van der Waals surface area contributed by atoms with Crippen LogP contribution in [0, 0.1) is 18.8 Å². The molecule has 1 unspecified atom stereocenters. The third-order valence-electron chi connectivity index (χ3n) is 4.24. The zero-order chi connectivity index (χ0) is 13.0. The Kier molecular flexibility index (Phi) is 4.76. The summed E-state index contributed by atoms with van der Waals surface area (Å²) in [6.45, 7) is 7.70. The molecule has 2 rings (SSSR count). The largest absolute Gasteiger partial charge is 0.310 e. The molecule has 1 aliphatic carbocycles. The molecule has 1 saturated carbocycles. The molecule has 0 aliphatic heterocycles. The van der Waals surface area contributed by atoms with E-state index in [-0.39, 0.29) is 0 Å². The van der Waals surface area contributed by atoms with Crippen molar-refractivity contribution < 1.29 is 0 Å². The molecular weight excluding hydrogens is 220 g/mol. The molecule has 1 aromatic rings. The van der Waals surface area contributed by atoms with Crippen LogP contribution >= 0.6 is 0 Å². The van der Waals surface area contributed by atoms with Gasteiger partial charge in [0.2, 0.25) is 0 Å². The van der Waals surface area contributed by atoms with E-state index in [1.165, 1.54) is 31.2 Å². The van der Waals surface area contributed by atoms with Crippen LogP contribution < -0.4 is 5.32 Å². The zero-order valence-corrected chi connectivity index (χ0v) is 11.9. The number of nitrogens with zero attached hydrogens (tertiary/aromatic N) is 1. The normalized spacial score (nSPS) is 25.9. The number of rotatable bonds is 4. The summed E-state index contributed by atoms with van der Waals surface area (Å²) in [5.74, 6) is 1.71. The number of pyridine rings is 1. The molecule has 0 saturated heterocycles.